The molecule has 4 nitrogen and oxygen atoms in total. The highest BCUT2D eigenvalue weighted by Gasteiger charge is 2.32. The molecule has 0 saturated carbocycles. The third-order valence-corrected chi connectivity index (χ3v) is 3.52. The highest BCUT2D eigenvalue weighted by Crippen LogP contribution is 2.21. The molecule has 1 aliphatic heterocycles. The average molecular weight is 345 g/mol. The van der Waals surface area contributed by atoms with E-state index in [1.807, 2.05) is 12.1 Å². The first-order valence-corrected chi connectivity index (χ1v) is 6.41. The number of rotatable bonds is 3. The maximum atomic E-state index is 11.9. The molecule has 1 amide bonds. The van der Waals surface area contributed by atoms with Crippen LogP contribution in [0.2, 0.25) is 0 Å². The minimum atomic E-state index is -0.795. The van der Waals surface area contributed by atoms with Gasteiger partial charge < -0.3 is 10.0 Å². The predicted octanol–water partition coefficient (Wildman–Crippen LogP) is 1.84. The summed E-state index contributed by atoms with van der Waals surface area (Å²) in [5, 5.41) is 8.62. The molecule has 0 aliphatic carbocycles. The highest BCUT2D eigenvalue weighted by molar-refractivity contribution is 14.1. The van der Waals surface area contributed by atoms with Crippen molar-refractivity contribution in [2.75, 3.05) is 13.1 Å². The zero-order valence-corrected chi connectivity index (χ0v) is 11.3. The number of carbonyl (C=O) groups is 2. The van der Waals surface area contributed by atoms with Crippen LogP contribution in [0.5, 0.6) is 0 Å². The zero-order chi connectivity index (χ0) is 12.4. The Balaban J connectivity index is 1.91. The van der Waals surface area contributed by atoms with Gasteiger partial charge in [0.2, 0.25) is 0 Å². The standard InChI is InChI=1S/C12H12INO3/c13-10-3-1-9(2-4-10)12(17)14-6-8(7-14)5-11(15)16/h1-4,8H,5-7H2,(H,15,16). The van der Waals surface area contributed by atoms with Crippen molar-refractivity contribution in [3.8, 4) is 0 Å². The number of likely N-dealkylation sites (tertiary alicyclic amines) is 1. The van der Waals surface area contributed by atoms with Gasteiger partial charge in [0.15, 0.2) is 0 Å². The molecule has 0 radical (unpaired) electrons. The van der Waals surface area contributed by atoms with E-state index in [0.717, 1.165) is 3.57 Å². The van der Waals surface area contributed by atoms with E-state index in [2.05, 4.69) is 22.6 Å². The monoisotopic (exact) mass is 345 g/mol. The summed E-state index contributed by atoms with van der Waals surface area (Å²) < 4.78 is 1.09. The second-order valence-electron chi connectivity index (χ2n) is 4.18. The van der Waals surface area contributed by atoms with Crippen LogP contribution >= 0.6 is 22.6 Å². The lowest BCUT2D eigenvalue weighted by atomic mass is 9.95. The van der Waals surface area contributed by atoms with Gasteiger partial charge in [-0.15, -0.1) is 0 Å². The molecule has 1 saturated heterocycles. The van der Waals surface area contributed by atoms with Crippen LogP contribution in [-0.4, -0.2) is 35.0 Å². The van der Waals surface area contributed by atoms with E-state index in [1.54, 1.807) is 17.0 Å². The minimum absolute atomic E-state index is 0.0111. The number of nitrogens with zero attached hydrogens (tertiary/aromatic N) is 1. The van der Waals surface area contributed by atoms with Crippen LogP contribution in [0, 0.1) is 9.49 Å². The lowest BCUT2D eigenvalue weighted by molar-refractivity contribution is -0.139. The zero-order valence-electron chi connectivity index (χ0n) is 9.10. The molecule has 5 heteroatoms. The predicted molar refractivity (Wildman–Crippen MR) is 70.8 cm³/mol. The maximum absolute atomic E-state index is 11.9. The van der Waals surface area contributed by atoms with E-state index in [4.69, 9.17) is 5.11 Å². The molecule has 1 fully saturated rings. The van der Waals surface area contributed by atoms with Crippen LogP contribution in [0.3, 0.4) is 0 Å². The molecule has 0 aromatic heterocycles. The van der Waals surface area contributed by atoms with E-state index in [0.29, 0.717) is 18.7 Å². The van der Waals surface area contributed by atoms with Gasteiger partial charge in [-0.3, -0.25) is 9.59 Å². The second-order valence-corrected chi connectivity index (χ2v) is 5.43. The Morgan fingerprint density at radius 3 is 2.41 bits per heavy atom. The molecular formula is C12H12INO3. The molecule has 1 aliphatic rings. The fourth-order valence-electron chi connectivity index (χ4n) is 1.89. The molecule has 1 aromatic carbocycles. The van der Waals surface area contributed by atoms with Crippen molar-refractivity contribution in [1.82, 2.24) is 4.90 Å². The van der Waals surface area contributed by atoms with Gasteiger partial charge in [0, 0.05) is 28.1 Å². The van der Waals surface area contributed by atoms with Gasteiger partial charge in [-0.05, 0) is 46.9 Å². The molecule has 0 bridgehead atoms. The number of carboxylic acid groups (broad SMARTS) is 1. The SMILES string of the molecule is O=C(O)CC1CN(C(=O)c2ccc(I)cc2)C1. The molecule has 0 unspecified atom stereocenters. The van der Waals surface area contributed by atoms with Crippen molar-refractivity contribution in [3.63, 3.8) is 0 Å². The summed E-state index contributed by atoms with van der Waals surface area (Å²) in [6.45, 7) is 1.11. The van der Waals surface area contributed by atoms with Crippen molar-refractivity contribution >= 4 is 34.5 Å². The first kappa shape index (κ1) is 12.3. The van der Waals surface area contributed by atoms with E-state index < -0.39 is 5.97 Å². The molecule has 1 heterocycles. The lowest BCUT2D eigenvalue weighted by Crippen LogP contribution is -2.50. The number of halogens is 1. The van der Waals surface area contributed by atoms with Gasteiger partial charge in [0.25, 0.3) is 5.91 Å². The topological polar surface area (TPSA) is 57.6 Å². The number of hydrogen-bond acceptors (Lipinski definition) is 2. The number of hydrogen-bond donors (Lipinski definition) is 1. The first-order chi connectivity index (χ1) is 8.06. The van der Waals surface area contributed by atoms with Gasteiger partial charge in [0.05, 0.1) is 6.42 Å². The maximum Gasteiger partial charge on any atom is 0.303 e. The smallest absolute Gasteiger partial charge is 0.303 e. The Morgan fingerprint density at radius 2 is 1.88 bits per heavy atom. The Morgan fingerprint density at radius 1 is 1.29 bits per heavy atom. The van der Waals surface area contributed by atoms with E-state index >= 15 is 0 Å². The van der Waals surface area contributed by atoms with Crippen LogP contribution in [0.15, 0.2) is 24.3 Å². The van der Waals surface area contributed by atoms with Crippen LogP contribution in [0.1, 0.15) is 16.8 Å². The van der Waals surface area contributed by atoms with Gasteiger partial charge in [-0.1, -0.05) is 0 Å². The van der Waals surface area contributed by atoms with E-state index in [-0.39, 0.29) is 18.2 Å². The summed E-state index contributed by atoms with van der Waals surface area (Å²) >= 11 is 2.19. The molecule has 0 atom stereocenters. The van der Waals surface area contributed by atoms with Crippen molar-refractivity contribution in [2.24, 2.45) is 5.92 Å². The van der Waals surface area contributed by atoms with Gasteiger partial charge >= 0.3 is 5.97 Å². The summed E-state index contributed by atoms with van der Waals surface area (Å²) in [7, 11) is 0. The third-order valence-electron chi connectivity index (χ3n) is 2.80. The minimum Gasteiger partial charge on any atom is -0.481 e. The number of carbonyl (C=O) groups excluding carboxylic acids is 1. The van der Waals surface area contributed by atoms with Gasteiger partial charge in [0.1, 0.15) is 0 Å². The number of aliphatic carboxylic acids is 1. The molecule has 0 spiro atoms. The quantitative estimate of drug-likeness (QED) is 0.851. The number of amides is 1. The Labute approximate surface area is 113 Å². The summed E-state index contributed by atoms with van der Waals surface area (Å²) in [6.07, 6.45) is 0.149. The molecular weight excluding hydrogens is 333 g/mol. The first-order valence-electron chi connectivity index (χ1n) is 5.33. The second kappa shape index (κ2) is 5.03. The van der Waals surface area contributed by atoms with Crippen molar-refractivity contribution in [1.29, 1.82) is 0 Å². The lowest BCUT2D eigenvalue weighted by Gasteiger charge is -2.38. The van der Waals surface area contributed by atoms with Crippen LogP contribution in [0.25, 0.3) is 0 Å². The van der Waals surface area contributed by atoms with Crippen molar-refractivity contribution in [3.05, 3.63) is 33.4 Å². The van der Waals surface area contributed by atoms with Crippen molar-refractivity contribution in [2.45, 2.75) is 6.42 Å². The highest BCUT2D eigenvalue weighted by atomic mass is 127. The van der Waals surface area contributed by atoms with Gasteiger partial charge in [-0.25, -0.2) is 0 Å². The largest absolute Gasteiger partial charge is 0.481 e. The Bertz CT molecular complexity index is 438. The van der Waals surface area contributed by atoms with Crippen LogP contribution in [0.4, 0.5) is 0 Å². The number of benzene rings is 1. The fourth-order valence-corrected chi connectivity index (χ4v) is 2.25. The molecule has 17 heavy (non-hydrogen) atoms. The number of carboxylic acids is 1. The van der Waals surface area contributed by atoms with Gasteiger partial charge in [-0.2, -0.15) is 0 Å². The Kier molecular flexibility index (Phi) is 3.66. The molecule has 2 rings (SSSR count). The normalized spacial score (nSPS) is 15.5. The fraction of sp³-hybridized carbons (Fsp3) is 0.333. The summed E-state index contributed by atoms with van der Waals surface area (Å²) in [6, 6.07) is 7.38. The molecule has 1 aromatic rings. The summed E-state index contributed by atoms with van der Waals surface area (Å²) in [5.74, 6) is -0.695. The van der Waals surface area contributed by atoms with E-state index in [9.17, 15) is 9.59 Å². The Hall–Kier alpha value is -1.11. The summed E-state index contributed by atoms with van der Waals surface area (Å²) in [5.41, 5.74) is 0.666. The van der Waals surface area contributed by atoms with Crippen LogP contribution < -0.4 is 0 Å². The van der Waals surface area contributed by atoms with E-state index in [1.165, 1.54) is 0 Å². The average Bonchev–Trinajstić information content (AvgIpc) is 2.23. The van der Waals surface area contributed by atoms with Crippen molar-refractivity contribution < 1.29 is 14.7 Å². The molecule has 90 valence electrons. The van der Waals surface area contributed by atoms with Crippen LogP contribution in [-0.2, 0) is 4.79 Å². The molecule has 1 N–H and O–H groups in total. The third kappa shape index (κ3) is 2.96. The summed E-state index contributed by atoms with van der Waals surface area (Å²) in [4.78, 5) is 24.1.